The first-order valence-electron chi connectivity index (χ1n) is 12.4. The number of benzene rings is 1. The monoisotopic (exact) mass is 488 g/mol. The molecule has 2 amide bonds. The van der Waals surface area contributed by atoms with Gasteiger partial charge in [0, 0.05) is 32.3 Å². The highest BCUT2D eigenvalue weighted by molar-refractivity contribution is 5.98. The first-order valence-corrected chi connectivity index (χ1v) is 12.4. The number of aryl methyl sites for hydroxylation is 1. The summed E-state index contributed by atoms with van der Waals surface area (Å²) < 4.78 is 8.04. The molecule has 0 atom stereocenters. The number of nitrogens with one attached hydrogen (secondary N) is 2. The van der Waals surface area contributed by atoms with E-state index in [1.165, 1.54) is 34.4 Å². The maximum atomic E-state index is 13.2. The lowest BCUT2D eigenvalue weighted by Gasteiger charge is -2.46. The van der Waals surface area contributed by atoms with Crippen molar-refractivity contribution in [3.05, 3.63) is 64.0 Å². The molecule has 3 aromatic heterocycles. The van der Waals surface area contributed by atoms with Gasteiger partial charge in [0.05, 0.1) is 11.7 Å². The van der Waals surface area contributed by atoms with Crippen molar-refractivity contribution < 1.29 is 14.0 Å². The Balaban J connectivity index is 1.19. The van der Waals surface area contributed by atoms with E-state index in [1.54, 1.807) is 37.5 Å². The van der Waals surface area contributed by atoms with Gasteiger partial charge in [-0.15, -0.1) is 0 Å². The van der Waals surface area contributed by atoms with Gasteiger partial charge in [-0.05, 0) is 67.6 Å². The topological polar surface area (TPSA) is 124 Å². The minimum Gasteiger partial charge on any atom is -0.408 e. The molecule has 2 N–H and O–H groups in total. The van der Waals surface area contributed by atoms with Crippen molar-refractivity contribution in [3.63, 3.8) is 0 Å². The summed E-state index contributed by atoms with van der Waals surface area (Å²) in [5.41, 5.74) is 2.99. The van der Waals surface area contributed by atoms with Crippen molar-refractivity contribution in [2.75, 3.05) is 6.54 Å². The van der Waals surface area contributed by atoms with Gasteiger partial charge in [-0.2, -0.15) is 5.10 Å². The molecule has 3 saturated carbocycles. The average Bonchev–Trinajstić information content (AvgIpc) is 3.50. The SMILES string of the molecule is Cn1c(=O)oc2ccc(CNC(=O)c3cc(C(=O)NCC45CCC(CC4)CC5)n4nccc4n3)cc21. The van der Waals surface area contributed by atoms with Crippen LogP contribution in [0.2, 0.25) is 0 Å². The van der Waals surface area contributed by atoms with Crippen LogP contribution in [0.3, 0.4) is 0 Å². The number of nitrogens with zero attached hydrogens (tertiary/aromatic N) is 4. The van der Waals surface area contributed by atoms with Crippen molar-refractivity contribution in [1.82, 2.24) is 29.8 Å². The van der Waals surface area contributed by atoms with Gasteiger partial charge in [-0.3, -0.25) is 14.2 Å². The van der Waals surface area contributed by atoms with Crippen LogP contribution in [0.1, 0.15) is 65.1 Å². The molecular formula is C26H28N6O4. The van der Waals surface area contributed by atoms with Crippen LogP contribution in [0.25, 0.3) is 16.7 Å². The van der Waals surface area contributed by atoms with Gasteiger partial charge in [0.1, 0.15) is 11.4 Å². The summed E-state index contributed by atoms with van der Waals surface area (Å²) in [7, 11) is 1.63. The zero-order valence-corrected chi connectivity index (χ0v) is 20.1. The molecule has 4 aromatic rings. The molecule has 10 nitrogen and oxygen atoms in total. The number of carbonyl (C=O) groups excluding carboxylic acids is 2. The Labute approximate surface area is 206 Å². The first kappa shape index (κ1) is 22.5. The summed E-state index contributed by atoms with van der Waals surface area (Å²) in [5, 5.41) is 10.2. The van der Waals surface area contributed by atoms with E-state index < -0.39 is 11.7 Å². The van der Waals surface area contributed by atoms with Crippen LogP contribution in [-0.4, -0.2) is 37.5 Å². The number of rotatable bonds is 6. The van der Waals surface area contributed by atoms with E-state index in [1.807, 2.05) is 0 Å². The second-order valence-electron chi connectivity index (χ2n) is 10.2. The molecule has 3 fully saturated rings. The lowest BCUT2D eigenvalue weighted by Crippen LogP contribution is -2.43. The summed E-state index contributed by atoms with van der Waals surface area (Å²) in [6.07, 6.45) is 8.81. The minimum atomic E-state index is -0.439. The van der Waals surface area contributed by atoms with E-state index >= 15 is 0 Å². The number of fused-ring (bicyclic) bond motifs is 5. The second kappa shape index (κ2) is 8.61. The van der Waals surface area contributed by atoms with Gasteiger partial charge in [0.25, 0.3) is 11.8 Å². The molecule has 0 unspecified atom stereocenters. The standard InChI is InChI=1S/C26H28N6O4/c1-31-19-12-17(2-3-21(19)36-25(31)35)14-27-23(33)18-13-20(32-22(30-18)7-11-29-32)24(34)28-15-26-8-4-16(5-9-26)6-10-26/h2-3,7,11-13,16H,4-6,8-10,14-15H2,1H3,(H,27,33)(H,28,34). The number of amides is 2. The predicted octanol–water partition coefficient (Wildman–Crippen LogP) is 2.80. The molecule has 36 heavy (non-hydrogen) atoms. The summed E-state index contributed by atoms with van der Waals surface area (Å²) in [6, 6.07) is 8.45. The highest BCUT2D eigenvalue weighted by Crippen LogP contribution is 2.49. The third-order valence-electron chi connectivity index (χ3n) is 8.01. The smallest absolute Gasteiger partial charge is 0.408 e. The molecule has 186 valence electrons. The van der Waals surface area contributed by atoms with Crippen LogP contribution in [0.5, 0.6) is 0 Å². The van der Waals surface area contributed by atoms with Gasteiger partial charge in [-0.25, -0.2) is 14.3 Å². The largest absolute Gasteiger partial charge is 0.419 e. The zero-order valence-electron chi connectivity index (χ0n) is 20.1. The van der Waals surface area contributed by atoms with Gasteiger partial charge in [-0.1, -0.05) is 6.07 Å². The van der Waals surface area contributed by atoms with Crippen molar-refractivity contribution in [2.45, 2.75) is 45.1 Å². The van der Waals surface area contributed by atoms with Crippen LogP contribution < -0.4 is 16.4 Å². The number of hydrogen-bond acceptors (Lipinski definition) is 6. The molecule has 2 bridgehead atoms. The molecule has 3 aliphatic carbocycles. The van der Waals surface area contributed by atoms with E-state index in [4.69, 9.17) is 4.42 Å². The molecule has 0 spiro atoms. The fraction of sp³-hybridized carbons (Fsp3) is 0.423. The second-order valence-corrected chi connectivity index (χ2v) is 10.2. The average molecular weight is 489 g/mol. The van der Waals surface area contributed by atoms with E-state index in [0.29, 0.717) is 23.3 Å². The lowest BCUT2D eigenvalue weighted by molar-refractivity contribution is 0.0595. The fourth-order valence-electron chi connectivity index (χ4n) is 5.71. The summed E-state index contributed by atoms with van der Waals surface area (Å²) >= 11 is 0. The van der Waals surface area contributed by atoms with E-state index in [0.717, 1.165) is 30.7 Å². The molecular weight excluding hydrogens is 460 g/mol. The highest BCUT2D eigenvalue weighted by Gasteiger charge is 2.40. The van der Waals surface area contributed by atoms with Crippen molar-refractivity contribution in [2.24, 2.45) is 18.4 Å². The molecule has 3 aliphatic rings. The Bertz CT molecular complexity index is 1530. The Kier molecular flexibility index (Phi) is 5.39. The van der Waals surface area contributed by atoms with E-state index in [2.05, 4.69) is 20.7 Å². The van der Waals surface area contributed by atoms with Gasteiger partial charge in [0.2, 0.25) is 0 Å². The third-order valence-corrected chi connectivity index (χ3v) is 8.01. The number of oxazole rings is 1. The normalized spacial score (nSPS) is 21.2. The third kappa shape index (κ3) is 3.96. The Morgan fingerprint density at radius 1 is 1.08 bits per heavy atom. The molecule has 3 heterocycles. The van der Waals surface area contributed by atoms with Crippen LogP contribution in [0.4, 0.5) is 0 Å². The zero-order chi connectivity index (χ0) is 24.9. The maximum Gasteiger partial charge on any atom is 0.419 e. The van der Waals surface area contributed by atoms with Crippen molar-refractivity contribution >= 4 is 28.6 Å². The van der Waals surface area contributed by atoms with E-state index in [-0.39, 0.29) is 29.3 Å². The number of hydrogen-bond donors (Lipinski definition) is 2. The number of carbonyl (C=O) groups is 2. The quantitative estimate of drug-likeness (QED) is 0.430. The van der Waals surface area contributed by atoms with Crippen LogP contribution in [0.15, 0.2) is 45.7 Å². The molecule has 10 heteroatoms. The Morgan fingerprint density at radius 3 is 2.64 bits per heavy atom. The maximum absolute atomic E-state index is 13.2. The number of aromatic nitrogens is 4. The van der Waals surface area contributed by atoms with Crippen molar-refractivity contribution in [3.8, 4) is 0 Å². The molecule has 0 aliphatic heterocycles. The molecule has 0 radical (unpaired) electrons. The predicted molar refractivity (Wildman–Crippen MR) is 132 cm³/mol. The Morgan fingerprint density at radius 2 is 1.86 bits per heavy atom. The summed E-state index contributed by atoms with van der Waals surface area (Å²) in [6.45, 7) is 0.871. The van der Waals surface area contributed by atoms with Crippen LogP contribution in [0, 0.1) is 11.3 Å². The fourth-order valence-corrected chi connectivity index (χ4v) is 5.71. The lowest BCUT2D eigenvalue weighted by atomic mass is 9.61. The highest BCUT2D eigenvalue weighted by atomic mass is 16.4. The first-order chi connectivity index (χ1) is 17.4. The van der Waals surface area contributed by atoms with Crippen molar-refractivity contribution in [1.29, 1.82) is 0 Å². The summed E-state index contributed by atoms with van der Waals surface area (Å²) in [5.74, 6) is -0.237. The van der Waals surface area contributed by atoms with Crippen LogP contribution >= 0.6 is 0 Å². The molecule has 1 aromatic carbocycles. The van der Waals surface area contributed by atoms with Gasteiger partial charge < -0.3 is 15.1 Å². The molecule has 7 rings (SSSR count). The minimum absolute atomic E-state index is 0.140. The van der Waals surface area contributed by atoms with Gasteiger partial charge >= 0.3 is 5.76 Å². The summed E-state index contributed by atoms with van der Waals surface area (Å²) in [4.78, 5) is 42.3. The molecule has 0 saturated heterocycles. The van der Waals surface area contributed by atoms with Crippen LogP contribution in [-0.2, 0) is 13.6 Å². The van der Waals surface area contributed by atoms with E-state index in [9.17, 15) is 14.4 Å². The Hall–Kier alpha value is -3.95. The van der Waals surface area contributed by atoms with Gasteiger partial charge in [0.15, 0.2) is 11.2 Å².